The normalized spacial score (nSPS) is 14.0. The Labute approximate surface area is 172 Å². The lowest BCUT2D eigenvalue weighted by Crippen LogP contribution is -2.43. The molecule has 0 aliphatic heterocycles. The summed E-state index contributed by atoms with van der Waals surface area (Å²) in [5.41, 5.74) is 0.350. The van der Waals surface area contributed by atoms with Crippen molar-refractivity contribution in [1.82, 2.24) is 9.88 Å². The summed E-state index contributed by atoms with van der Waals surface area (Å²) in [6.45, 7) is 2.96. The lowest BCUT2D eigenvalue weighted by molar-refractivity contribution is -0.118. The van der Waals surface area contributed by atoms with Gasteiger partial charge in [0.25, 0.3) is 17.6 Å². The molecule has 1 heterocycles. The van der Waals surface area contributed by atoms with E-state index < -0.39 is 29.0 Å². The molecule has 0 atom stereocenters. The first kappa shape index (κ1) is 21.2. The van der Waals surface area contributed by atoms with Gasteiger partial charge < -0.3 is 20.3 Å². The molecule has 1 saturated carbocycles. The SMILES string of the molecule is Cc1c(C(=O)Nc2ccc(F)c(C#N)c2)c(C)n(C)c1C(=O)C(=O)NC1(CO)CC1. The van der Waals surface area contributed by atoms with Crippen LogP contribution >= 0.6 is 0 Å². The predicted molar refractivity (Wildman–Crippen MR) is 105 cm³/mol. The Hall–Kier alpha value is -3.51. The number of benzene rings is 1. The first-order valence-corrected chi connectivity index (χ1v) is 9.28. The third-order valence-electron chi connectivity index (χ3n) is 5.46. The van der Waals surface area contributed by atoms with Gasteiger partial charge in [-0.25, -0.2) is 4.39 Å². The molecule has 1 aromatic carbocycles. The highest BCUT2D eigenvalue weighted by atomic mass is 19.1. The zero-order valence-electron chi connectivity index (χ0n) is 16.8. The van der Waals surface area contributed by atoms with E-state index in [-0.39, 0.29) is 29.1 Å². The molecule has 1 fully saturated rings. The smallest absolute Gasteiger partial charge is 0.294 e. The molecule has 1 aromatic heterocycles. The monoisotopic (exact) mass is 412 g/mol. The van der Waals surface area contributed by atoms with Gasteiger partial charge >= 0.3 is 0 Å². The maximum Gasteiger partial charge on any atom is 0.294 e. The van der Waals surface area contributed by atoms with Crippen LogP contribution in [0.4, 0.5) is 10.1 Å². The summed E-state index contributed by atoms with van der Waals surface area (Å²) < 4.78 is 15.0. The molecular formula is C21H21FN4O4. The van der Waals surface area contributed by atoms with E-state index in [0.29, 0.717) is 24.1 Å². The van der Waals surface area contributed by atoms with Gasteiger partial charge in [-0.2, -0.15) is 5.26 Å². The van der Waals surface area contributed by atoms with E-state index >= 15 is 0 Å². The minimum Gasteiger partial charge on any atom is -0.394 e. The Kier molecular flexibility index (Phi) is 5.46. The van der Waals surface area contributed by atoms with Gasteiger partial charge in [0.1, 0.15) is 11.9 Å². The standard InChI is InChI=1S/C21H21FN4O4/c1-11-16(19(29)24-14-4-5-15(22)13(8-14)9-23)12(2)26(3)17(11)18(28)20(30)25-21(10-27)6-7-21/h4-5,8,27H,6-7,10H2,1-3H3,(H,24,29)(H,25,30). The fourth-order valence-corrected chi connectivity index (χ4v) is 3.39. The number of rotatable bonds is 6. The number of aliphatic hydroxyl groups is 1. The topological polar surface area (TPSA) is 124 Å². The van der Waals surface area contributed by atoms with E-state index in [0.717, 1.165) is 6.07 Å². The Morgan fingerprint density at radius 2 is 1.97 bits per heavy atom. The molecule has 0 unspecified atom stereocenters. The van der Waals surface area contributed by atoms with Crippen molar-refractivity contribution in [2.45, 2.75) is 32.2 Å². The van der Waals surface area contributed by atoms with E-state index in [1.165, 1.54) is 16.7 Å². The van der Waals surface area contributed by atoms with Crippen molar-refractivity contribution >= 4 is 23.3 Å². The number of halogens is 1. The number of nitriles is 1. The highest BCUT2D eigenvalue weighted by molar-refractivity contribution is 6.43. The van der Waals surface area contributed by atoms with Crippen LogP contribution < -0.4 is 10.6 Å². The highest BCUT2D eigenvalue weighted by Crippen LogP contribution is 2.34. The molecule has 8 nitrogen and oxygen atoms in total. The fraction of sp³-hybridized carbons (Fsp3) is 0.333. The van der Waals surface area contributed by atoms with Crippen LogP contribution in [0.3, 0.4) is 0 Å². The molecule has 1 aliphatic rings. The summed E-state index contributed by atoms with van der Waals surface area (Å²) in [4.78, 5) is 38.0. The van der Waals surface area contributed by atoms with Gasteiger partial charge in [-0.1, -0.05) is 0 Å². The van der Waals surface area contributed by atoms with Gasteiger partial charge in [-0.15, -0.1) is 0 Å². The second kappa shape index (κ2) is 7.72. The molecule has 9 heteroatoms. The Morgan fingerprint density at radius 3 is 2.53 bits per heavy atom. The number of nitrogens with one attached hydrogen (secondary N) is 2. The van der Waals surface area contributed by atoms with Crippen molar-refractivity contribution in [3.8, 4) is 6.07 Å². The molecule has 0 bridgehead atoms. The number of hydrogen-bond donors (Lipinski definition) is 3. The molecule has 156 valence electrons. The number of carbonyl (C=O) groups excluding carboxylic acids is 3. The molecule has 0 spiro atoms. The van der Waals surface area contributed by atoms with Crippen molar-refractivity contribution in [2.75, 3.05) is 11.9 Å². The van der Waals surface area contributed by atoms with Gasteiger partial charge in [0.05, 0.1) is 29.0 Å². The number of aliphatic hydroxyl groups excluding tert-OH is 1. The highest BCUT2D eigenvalue weighted by Gasteiger charge is 2.45. The Bertz CT molecular complexity index is 1110. The van der Waals surface area contributed by atoms with Crippen LogP contribution in [0.15, 0.2) is 18.2 Å². The minimum atomic E-state index is -0.839. The summed E-state index contributed by atoms with van der Waals surface area (Å²) in [6, 6.07) is 5.32. The molecular weight excluding hydrogens is 391 g/mol. The number of ketones is 1. The van der Waals surface area contributed by atoms with Crippen LogP contribution in [0.5, 0.6) is 0 Å². The maximum atomic E-state index is 13.5. The first-order valence-electron chi connectivity index (χ1n) is 9.28. The predicted octanol–water partition coefficient (Wildman–Crippen LogP) is 1.73. The van der Waals surface area contributed by atoms with Crippen molar-refractivity contribution in [3.63, 3.8) is 0 Å². The number of nitrogens with zero attached hydrogens (tertiary/aromatic N) is 2. The molecule has 1 aliphatic carbocycles. The van der Waals surface area contributed by atoms with E-state index in [2.05, 4.69) is 10.6 Å². The second-order valence-corrected chi connectivity index (χ2v) is 7.48. The largest absolute Gasteiger partial charge is 0.394 e. The summed E-state index contributed by atoms with van der Waals surface area (Å²) in [7, 11) is 1.57. The van der Waals surface area contributed by atoms with Gasteiger partial charge in [-0.3, -0.25) is 14.4 Å². The lowest BCUT2D eigenvalue weighted by Gasteiger charge is -2.14. The van der Waals surface area contributed by atoms with Gasteiger partial charge in [-0.05, 0) is 50.5 Å². The van der Waals surface area contributed by atoms with Crippen LogP contribution in [0.2, 0.25) is 0 Å². The van der Waals surface area contributed by atoms with E-state index in [9.17, 15) is 23.9 Å². The Balaban J connectivity index is 1.88. The van der Waals surface area contributed by atoms with Crippen molar-refractivity contribution in [3.05, 3.63) is 52.1 Å². The number of amides is 2. The zero-order valence-corrected chi connectivity index (χ0v) is 16.8. The fourth-order valence-electron chi connectivity index (χ4n) is 3.39. The van der Waals surface area contributed by atoms with Crippen molar-refractivity contribution < 1.29 is 23.9 Å². The van der Waals surface area contributed by atoms with Gasteiger partial charge in [0, 0.05) is 18.4 Å². The quantitative estimate of drug-likeness (QED) is 0.492. The number of anilines is 1. The Morgan fingerprint density at radius 1 is 1.30 bits per heavy atom. The second-order valence-electron chi connectivity index (χ2n) is 7.48. The molecule has 3 N–H and O–H groups in total. The van der Waals surface area contributed by atoms with E-state index in [1.807, 2.05) is 0 Å². The third-order valence-corrected chi connectivity index (χ3v) is 5.46. The summed E-state index contributed by atoms with van der Waals surface area (Å²) >= 11 is 0. The van der Waals surface area contributed by atoms with Crippen LogP contribution in [0.25, 0.3) is 0 Å². The minimum absolute atomic E-state index is 0.0701. The van der Waals surface area contributed by atoms with E-state index in [4.69, 9.17) is 5.26 Å². The number of aromatic nitrogens is 1. The molecule has 30 heavy (non-hydrogen) atoms. The third kappa shape index (κ3) is 3.69. The average Bonchev–Trinajstić information content (AvgIpc) is 3.44. The summed E-state index contributed by atoms with van der Waals surface area (Å²) in [6.07, 6.45) is 1.20. The first-order chi connectivity index (χ1) is 14.1. The van der Waals surface area contributed by atoms with Crippen LogP contribution in [0.1, 0.15) is 50.5 Å². The zero-order chi connectivity index (χ0) is 22.2. The van der Waals surface area contributed by atoms with Gasteiger partial charge in [0.15, 0.2) is 0 Å². The number of carbonyl (C=O) groups is 3. The molecule has 0 saturated heterocycles. The average molecular weight is 412 g/mol. The van der Waals surface area contributed by atoms with Crippen LogP contribution in [0, 0.1) is 31.0 Å². The molecule has 0 radical (unpaired) electrons. The number of hydrogen-bond acceptors (Lipinski definition) is 5. The molecule has 2 amide bonds. The van der Waals surface area contributed by atoms with Crippen molar-refractivity contribution in [1.29, 1.82) is 5.26 Å². The van der Waals surface area contributed by atoms with Crippen LogP contribution in [-0.4, -0.2) is 39.4 Å². The summed E-state index contributed by atoms with van der Waals surface area (Å²) in [5.74, 6) is -2.89. The van der Waals surface area contributed by atoms with Crippen LogP contribution in [-0.2, 0) is 11.8 Å². The van der Waals surface area contributed by atoms with Crippen molar-refractivity contribution in [2.24, 2.45) is 7.05 Å². The molecule has 3 rings (SSSR count). The van der Waals surface area contributed by atoms with E-state index in [1.54, 1.807) is 27.0 Å². The summed E-state index contributed by atoms with van der Waals surface area (Å²) in [5, 5.41) is 23.5. The molecule has 2 aromatic rings. The maximum absolute atomic E-state index is 13.5. The lowest BCUT2D eigenvalue weighted by atomic mass is 10.1. The van der Waals surface area contributed by atoms with Gasteiger partial charge in [0.2, 0.25) is 0 Å². The number of Topliss-reactive ketones (excluding diaryl/α,β-unsaturated/α-hetero) is 1.